The third kappa shape index (κ3) is 2.66. The first-order valence-corrected chi connectivity index (χ1v) is 8.52. The van der Waals surface area contributed by atoms with Gasteiger partial charge in [-0.05, 0) is 23.8 Å². The Hall–Kier alpha value is -2.04. The number of para-hydroxylation sites is 2. The Morgan fingerprint density at radius 2 is 1.92 bits per heavy atom. The van der Waals surface area contributed by atoms with Crippen LogP contribution in [-0.2, 0) is 11.3 Å². The van der Waals surface area contributed by atoms with E-state index in [0.717, 1.165) is 28.6 Å². The van der Waals surface area contributed by atoms with Crippen LogP contribution >= 0.6 is 11.6 Å². The molecular weight excluding hydrogens is 324 g/mol. The molecule has 2 unspecified atom stereocenters. The number of fused-ring (bicyclic) bond motifs is 3. The van der Waals surface area contributed by atoms with Crippen LogP contribution in [0.1, 0.15) is 12.0 Å². The average molecular weight is 343 g/mol. The molecule has 0 aromatic heterocycles. The van der Waals surface area contributed by atoms with Crippen molar-refractivity contribution in [3.63, 3.8) is 0 Å². The number of carbonyl (C=O) groups excluding carboxylic acids is 1. The second-order valence-electron chi connectivity index (χ2n) is 6.38. The van der Waals surface area contributed by atoms with Crippen LogP contribution in [-0.4, -0.2) is 36.5 Å². The number of benzene rings is 2. The first kappa shape index (κ1) is 15.5. The molecule has 0 saturated carbocycles. The number of hydrogen-bond donors (Lipinski definition) is 0. The minimum Gasteiger partial charge on any atom is -0.487 e. The lowest BCUT2D eigenvalue weighted by Gasteiger charge is -2.29. The molecule has 0 N–H and O–H groups in total. The Morgan fingerprint density at radius 3 is 2.75 bits per heavy atom. The number of amides is 1. The maximum Gasteiger partial charge on any atom is 0.244 e. The van der Waals surface area contributed by atoms with Gasteiger partial charge in [0.15, 0.2) is 0 Å². The molecule has 0 spiro atoms. The van der Waals surface area contributed by atoms with Gasteiger partial charge in [0.2, 0.25) is 5.91 Å². The second-order valence-corrected chi connectivity index (χ2v) is 6.78. The number of likely N-dealkylation sites (tertiary alicyclic amines) is 1. The zero-order valence-corrected chi connectivity index (χ0v) is 14.2. The molecule has 2 aromatic carbocycles. The van der Waals surface area contributed by atoms with Crippen molar-refractivity contribution in [1.82, 2.24) is 4.90 Å². The molecule has 2 heterocycles. The number of carbonyl (C=O) groups is 1. The number of likely N-dealkylation sites (N-methyl/N-ethyl adjacent to an activating group) is 1. The van der Waals surface area contributed by atoms with E-state index >= 15 is 0 Å². The Bertz CT molecular complexity index is 779. The van der Waals surface area contributed by atoms with Crippen LogP contribution in [0.25, 0.3) is 0 Å². The number of hydrogen-bond acceptors (Lipinski definition) is 3. The van der Waals surface area contributed by atoms with Gasteiger partial charge in [0.25, 0.3) is 0 Å². The summed E-state index contributed by atoms with van der Waals surface area (Å²) in [6.07, 6.45) is 0.735. The van der Waals surface area contributed by atoms with Crippen LogP contribution in [0, 0.1) is 0 Å². The molecule has 2 atom stereocenters. The summed E-state index contributed by atoms with van der Waals surface area (Å²) in [5.74, 6) is 0.886. The van der Waals surface area contributed by atoms with Crippen LogP contribution < -0.4 is 9.64 Å². The summed E-state index contributed by atoms with van der Waals surface area (Å²) in [6.45, 7) is 1.38. The smallest absolute Gasteiger partial charge is 0.244 e. The van der Waals surface area contributed by atoms with Crippen LogP contribution in [0.5, 0.6) is 5.75 Å². The summed E-state index contributed by atoms with van der Waals surface area (Å²) in [4.78, 5) is 16.9. The summed E-state index contributed by atoms with van der Waals surface area (Å²) in [7, 11) is 1.82. The standard InChI is InChI=1S/C19H19ClN2O2/c1-21-16-8-4-5-9-18(16)24-14-10-17(19(21)23)22(12-14)11-13-6-2-3-7-15(13)20/h2-9,14,17H,10-12H2,1H3. The molecule has 2 bridgehead atoms. The summed E-state index contributed by atoms with van der Waals surface area (Å²) in [5, 5.41) is 0.736. The van der Waals surface area contributed by atoms with Gasteiger partial charge in [-0.3, -0.25) is 9.69 Å². The van der Waals surface area contributed by atoms with Crippen LogP contribution in [0.4, 0.5) is 5.69 Å². The first-order valence-electron chi connectivity index (χ1n) is 8.14. The highest BCUT2D eigenvalue weighted by molar-refractivity contribution is 6.31. The first-order chi connectivity index (χ1) is 11.6. The molecule has 4 rings (SSSR count). The van der Waals surface area contributed by atoms with E-state index < -0.39 is 0 Å². The normalized spacial score (nSPS) is 23.4. The zero-order chi connectivity index (χ0) is 16.7. The molecule has 4 nitrogen and oxygen atoms in total. The quantitative estimate of drug-likeness (QED) is 0.839. The SMILES string of the molecule is CN1C(=O)C2CC(CN2Cc2ccccc2Cl)Oc2ccccc21. The lowest BCUT2D eigenvalue weighted by atomic mass is 10.1. The van der Waals surface area contributed by atoms with Gasteiger partial charge in [-0.2, -0.15) is 0 Å². The third-order valence-corrected chi connectivity index (χ3v) is 5.20. The van der Waals surface area contributed by atoms with Crippen LogP contribution in [0.2, 0.25) is 5.02 Å². The number of halogens is 1. The highest BCUT2D eigenvalue weighted by Crippen LogP contribution is 2.36. The number of ether oxygens (including phenoxy) is 1. The Kier molecular flexibility index (Phi) is 3.94. The van der Waals surface area contributed by atoms with Gasteiger partial charge in [0.05, 0.1) is 11.7 Å². The van der Waals surface area contributed by atoms with Crippen molar-refractivity contribution in [2.45, 2.75) is 25.1 Å². The minimum absolute atomic E-state index is 0.0243. The molecule has 0 radical (unpaired) electrons. The van der Waals surface area contributed by atoms with E-state index in [4.69, 9.17) is 16.3 Å². The minimum atomic E-state index is -0.176. The van der Waals surface area contributed by atoms with Crippen molar-refractivity contribution in [2.24, 2.45) is 0 Å². The number of anilines is 1. The molecule has 1 amide bonds. The van der Waals surface area contributed by atoms with E-state index in [2.05, 4.69) is 4.90 Å². The van der Waals surface area contributed by atoms with Crippen molar-refractivity contribution < 1.29 is 9.53 Å². The number of nitrogens with zero attached hydrogens (tertiary/aromatic N) is 2. The van der Waals surface area contributed by atoms with Crippen LogP contribution in [0.15, 0.2) is 48.5 Å². The van der Waals surface area contributed by atoms with Crippen molar-refractivity contribution >= 4 is 23.2 Å². The number of rotatable bonds is 2. The second kappa shape index (κ2) is 6.11. The fourth-order valence-electron chi connectivity index (χ4n) is 3.58. The molecule has 124 valence electrons. The zero-order valence-electron chi connectivity index (χ0n) is 13.5. The average Bonchev–Trinajstić information content (AvgIpc) is 2.99. The maximum absolute atomic E-state index is 13.0. The predicted molar refractivity (Wildman–Crippen MR) is 94.5 cm³/mol. The Morgan fingerprint density at radius 1 is 1.17 bits per heavy atom. The lowest BCUT2D eigenvalue weighted by molar-refractivity contribution is -0.122. The molecule has 2 aliphatic rings. The van der Waals surface area contributed by atoms with Crippen molar-refractivity contribution in [3.05, 3.63) is 59.1 Å². The van der Waals surface area contributed by atoms with Crippen LogP contribution in [0.3, 0.4) is 0 Å². The summed E-state index contributed by atoms with van der Waals surface area (Å²) in [6, 6.07) is 15.3. The molecular formula is C19H19ClN2O2. The fraction of sp³-hybridized carbons (Fsp3) is 0.316. The molecule has 1 saturated heterocycles. The topological polar surface area (TPSA) is 32.8 Å². The molecule has 2 aromatic rings. The van der Waals surface area contributed by atoms with Gasteiger partial charge in [-0.25, -0.2) is 0 Å². The monoisotopic (exact) mass is 342 g/mol. The highest BCUT2D eigenvalue weighted by Gasteiger charge is 2.41. The van der Waals surface area contributed by atoms with Crippen molar-refractivity contribution in [3.8, 4) is 5.75 Å². The van der Waals surface area contributed by atoms with Gasteiger partial charge in [0.1, 0.15) is 11.9 Å². The van der Waals surface area contributed by atoms with E-state index in [1.807, 2.05) is 55.6 Å². The largest absolute Gasteiger partial charge is 0.487 e. The molecule has 5 heteroatoms. The summed E-state index contributed by atoms with van der Waals surface area (Å²) >= 11 is 6.29. The maximum atomic E-state index is 13.0. The lowest BCUT2D eigenvalue weighted by Crippen LogP contribution is -2.44. The van der Waals surface area contributed by atoms with Gasteiger partial charge in [-0.1, -0.05) is 41.9 Å². The molecule has 24 heavy (non-hydrogen) atoms. The van der Waals surface area contributed by atoms with E-state index in [1.165, 1.54) is 0 Å². The van der Waals surface area contributed by atoms with Gasteiger partial charge in [0, 0.05) is 31.6 Å². The van der Waals surface area contributed by atoms with Gasteiger partial charge < -0.3 is 9.64 Å². The van der Waals surface area contributed by atoms with E-state index in [0.29, 0.717) is 13.0 Å². The molecule has 0 aliphatic carbocycles. The van der Waals surface area contributed by atoms with Crippen molar-refractivity contribution in [1.29, 1.82) is 0 Å². The Labute approximate surface area is 146 Å². The molecule has 1 fully saturated rings. The summed E-state index contributed by atoms with van der Waals surface area (Å²) in [5.41, 5.74) is 1.87. The highest BCUT2D eigenvalue weighted by atomic mass is 35.5. The summed E-state index contributed by atoms with van der Waals surface area (Å²) < 4.78 is 6.18. The van der Waals surface area contributed by atoms with Gasteiger partial charge in [-0.15, -0.1) is 0 Å². The third-order valence-electron chi connectivity index (χ3n) is 4.83. The van der Waals surface area contributed by atoms with E-state index in [-0.39, 0.29) is 18.1 Å². The van der Waals surface area contributed by atoms with Crippen molar-refractivity contribution in [2.75, 3.05) is 18.5 Å². The fourth-order valence-corrected chi connectivity index (χ4v) is 3.78. The Balaban J connectivity index is 1.64. The van der Waals surface area contributed by atoms with E-state index in [9.17, 15) is 4.79 Å². The predicted octanol–water partition coefficient (Wildman–Crippen LogP) is 3.34. The van der Waals surface area contributed by atoms with E-state index in [1.54, 1.807) is 4.90 Å². The van der Waals surface area contributed by atoms with Gasteiger partial charge >= 0.3 is 0 Å². The molecule has 2 aliphatic heterocycles.